The summed E-state index contributed by atoms with van der Waals surface area (Å²) in [6, 6.07) is 5.84. The second-order valence-corrected chi connectivity index (χ2v) is 5.77. The van der Waals surface area contributed by atoms with Crippen LogP contribution in [0.4, 0.5) is 0 Å². The first-order chi connectivity index (χ1) is 7.97. The average molecular weight is 235 g/mol. The highest BCUT2D eigenvalue weighted by Gasteiger charge is 2.27. The van der Waals surface area contributed by atoms with Crippen LogP contribution in [0.25, 0.3) is 0 Å². The summed E-state index contributed by atoms with van der Waals surface area (Å²) in [5.74, 6) is 0.628. The molecule has 1 aromatic heterocycles. The third-order valence-electron chi connectivity index (χ3n) is 3.18. The van der Waals surface area contributed by atoms with Gasteiger partial charge in [-0.2, -0.15) is 0 Å². The molecule has 94 valence electrons. The number of pyridine rings is 1. The maximum Gasteiger partial charge on any atom is 0.213 e. The molecule has 1 N–H and O–H groups in total. The van der Waals surface area contributed by atoms with Crippen molar-refractivity contribution >= 4 is 0 Å². The molecule has 1 heterocycles. The van der Waals surface area contributed by atoms with Gasteiger partial charge in [0.1, 0.15) is 6.10 Å². The van der Waals surface area contributed by atoms with Crippen LogP contribution in [0.2, 0.25) is 0 Å². The molecule has 0 bridgehead atoms. The first kappa shape index (κ1) is 12.4. The van der Waals surface area contributed by atoms with Gasteiger partial charge in [0.25, 0.3) is 0 Å². The van der Waals surface area contributed by atoms with Crippen molar-refractivity contribution in [3.8, 4) is 5.88 Å². The molecule has 0 amide bonds. The van der Waals surface area contributed by atoms with E-state index >= 15 is 0 Å². The molecule has 2 rings (SSSR count). The molecule has 3 heteroatoms. The molecule has 1 aliphatic rings. The smallest absolute Gasteiger partial charge is 0.213 e. The predicted molar refractivity (Wildman–Crippen MR) is 67.2 cm³/mol. The lowest BCUT2D eigenvalue weighted by Gasteiger charge is -2.20. The lowest BCUT2D eigenvalue weighted by Crippen LogP contribution is -2.26. The fourth-order valence-corrected chi connectivity index (χ4v) is 2.10. The van der Waals surface area contributed by atoms with Crippen LogP contribution in [-0.4, -0.2) is 22.3 Å². The van der Waals surface area contributed by atoms with Crippen LogP contribution >= 0.6 is 0 Å². The Labute approximate surface area is 103 Å². The van der Waals surface area contributed by atoms with Gasteiger partial charge in [-0.25, -0.2) is 4.98 Å². The van der Waals surface area contributed by atoms with Crippen LogP contribution in [0.5, 0.6) is 5.88 Å². The number of hydrogen-bond acceptors (Lipinski definition) is 3. The van der Waals surface area contributed by atoms with Gasteiger partial charge in [0, 0.05) is 17.2 Å². The number of aliphatic hydroxyl groups is 1. The van der Waals surface area contributed by atoms with Gasteiger partial charge in [-0.05, 0) is 25.3 Å². The van der Waals surface area contributed by atoms with E-state index in [9.17, 15) is 5.11 Å². The Hall–Kier alpha value is -1.09. The zero-order valence-corrected chi connectivity index (χ0v) is 10.8. The monoisotopic (exact) mass is 235 g/mol. The molecule has 1 aliphatic carbocycles. The standard InChI is InChI=1S/C14H21NO2/c1-14(2,3)12-8-5-9-13(15-12)17-11-7-4-6-10(11)16/h5,8-11,16H,4,6-7H2,1-3H3/t10-,11-/m1/s1. The fourth-order valence-electron chi connectivity index (χ4n) is 2.10. The Kier molecular flexibility index (Phi) is 3.38. The fraction of sp³-hybridized carbons (Fsp3) is 0.643. The molecular formula is C14H21NO2. The summed E-state index contributed by atoms with van der Waals surface area (Å²) in [4.78, 5) is 4.51. The summed E-state index contributed by atoms with van der Waals surface area (Å²) in [5, 5.41) is 9.73. The molecule has 1 aromatic rings. The van der Waals surface area contributed by atoms with Gasteiger partial charge < -0.3 is 9.84 Å². The van der Waals surface area contributed by atoms with Crippen molar-refractivity contribution in [2.75, 3.05) is 0 Å². The molecule has 1 saturated carbocycles. The van der Waals surface area contributed by atoms with Gasteiger partial charge in [-0.15, -0.1) is 0 Å². The van der Waals surface area contributed by atoms with Crippen molar-refractivity contribution in [3.05, 3.63) is 23.9 Å². The Bertz CT molecular complexity index is 384. The van der Waals surface area contributed by atoms with Crippen molar-refractivity contribution < 1.29 is 9.84 Å². The molecule has 1 fully saturated rings. The normalized spacial score (nSPS) is 24.9. The minimum absolute atomic E-state index is 0.0215. The Morgan fingerprint density at radius 3 is 2.65 bits per heavy atom. The minimum atomic E-state index is -0.338. The molecule has 2 atom stereocenters. The lowest BCUT2D eigenvalue weighted by molar-refractivity contribution is 0.0572. The highest BCUT2D eigenvalue weighted by molar-refractivity contribution is 5.21. The molecule has 3 nitrogen and oxygen atoms in total. The number of nitrogens with zero attached hydrogens (tertiary/aromatic N) is 1. The van der Waals surface area contributed by atoms with E-state index in [1.165, 1.54) is 0 Å². The molecule has 17 heavy (non-hydrogen) atoms. The molecule has 0 saturated heterocycles. The summed E-state index contributed by atoms with van der Waals surface area (Å²) >= 11 is 0. The van der Waals surface area contributed by atoms with Gasteiger partial charge >= 0.3 is 0 Å². The summed E-state index contributed by atoms with van der Waals surface area (Å²) < 4.78 is 5.76. The van der Waals surface area contributed by atoms with Crippen molar-refractivity contribution in [1.82, 2.24) is 4.98 Å². The number of aromatic nitrogens is 1. The lowest BCUT2D eigenvalue weighted by atomic mass is 9.92. The number of ether oxygens (including phenoxy) is 1. The van der Waals surface area contributed by atoms with Gasteiger partial charge in [0.2, 0.25) is 5.88 Å². The van der Waals surface area contributed by atoms with Crippen LogP contribution in [0.15, 0.2) is 18.2 Å². The van der Waals surface area contributed by atoms with Crippen molar-refractivity contribution in [3.63, 3.8) is 0 Å². The third kappa shape index (κ3) is 2.97. The maximum atomic E-state index is 9.73. The van der Waals surface area contributed by atoms with Crippen LogP contribution in [0.1, 0.15) is 45.7 Å². The first-order valence-corrected chi connectivity index (χ1v) is 6.29. The summed E-state index contributed by atoms with van der Waals surface area (Å²) in [5.41, 5.74) is 1.04. The molecule has 0 radical (unpaired) electrons. The minimum Gasteiger partial charge on any atom is -0.472 e. The average Bonchev–Trinajstić information content (AvgIpc) is 2.64. The number of hydrogen-bond donors (Lipinski definition) is 1. The number of rotatable bonds is 2. The van der Waals surface area contributed by atoms with Gasteiger partial charge in [-0.3, -0.25) is 0 Å². The molecular weight excluding hydrogens is 214 g/mol. The SMILES string of the molecule is CC(C)(C)c1cccc(O[C@@H]2CCC[C@H]2O)n1. The summed E-state index contributed by atoms with van der Waals surface area (Å²) in [6.45, 7) is 6.39. The zero-order chi connectivity index (χ0) is 12.5. The van der Waals surface area contributed by atoms with E-state index in [4.69, 9.17) is 4.74 Å². The van der Waals surface area contributed by atoms with E-state index < -0.39 is 0 Å². The van der Waals surface area contributed by atoms with Crippen LogP contribution in [0, 0.1) is 0 Å². The summed E-state index contributed by atoms with van der Waals surface area (Å²) in [7, 11) is 0. The molecule has 0 aliphatic heterocycles. The Morgan fingerprint density at radius 2 is 2.06 bits per heavy atom. The zero-order valence-electron chi connectivity index (χ0n) is 10.8. The van der Waals surface area contributed by atoms with Crippen LogP contribution in [0.3, 0.4) is 0 Å². The number of aliphatic hydroxyl groups excluding tert-OH is 1. The summed E-state index contributed by atoms with van der Waals surface area (Å²) in [6.07, 6.45) is 2.37. The molecule has 0 aromatic carbocycles. The van der Waals surface area contributed by atoms with Gasteiger partial charge in [0.15, 0.2) is 0 Å². The second-order valence-electron chi connectivity index (χ2n) is 5.77. The first-order valence-electron chi connectivity index (χ1n) is 6.29. The van der Waals surface area contributed by atoms with E-state index in [1.807, 2.05) is 18.2 Å². The van der Waals surface area contributed by atoms with Gasteiger partial charge in [-0.1, -0.05) is 26.8 Å². The maximum absolute atomic E-state index is 9.73. The van der Waals surface area contributed by atoms with E-state index in [-0.39, 0.29) is 17.6 Å². The van der Waals surface area contributed by atoms with Crippen molar-refractivity contribution in [1.29, 1.82) is 0 Å². The molecule has 0 spiro atoms. The Morgan fingerprint density at radius 1 is 1.29 bits per heavy atom. The largest absolute Gasteiger partial charge is 0.472 e. The van der Waals surface area contributed by atoms with Crippen LogP contribution in [-0.2, 0) is 5.41 Å². The Balaban J connectivity index is 2.11. The van der Waals surface area contributed by atoms with Crippen molar-refractivity contribution in [2.45, 2.75) is 57.7 Å². The van der Waals surface area contributed by atoms with E-state index in [2.05, 4.69) is 25.8 Å². The topological polar surface area (TPSA) is 42.4 Å². The van der Waals surface area contributed by atoms with Crippen molar-refractivity contribution in [2.24, 2.45) is 0 Å². The highest BCUT2D eigenvalue weighted by atomic mass is 16.5. The third-order valence-corrected chi connectivity index (χ3v) is 3.18. The van der Waals surface area contributed by atoms with E-state index in [0.29, 0.717) is 5.88 Å². The van der Waals surface area contributed by atoms with Crippen LogP contribution < -0.4 is 4.74 Å². The molecule has 0 unspecified atom stereocenters. The quantitative estimate of drug-likeness (QED) is 0.857. The second kappa shape index (κ2) is 4.65. The predicted octanol–water partition coefficient (Wildman–Crippen LogP) is 2.67. The highest BCUT2D eigenvalue weighted by Crippen LogP contribution is 2.26. The van der Waals surface area contributed by atoms with E-state index in [0.717, 1.165) is 25.0 Å². The van der Waals surface area contributed by atoms with E-state index in [1.54, 1.807) is 0 Å². The van der Waals surface area contributed by atoms with Gasteiger partial charge in [0.05, 0.1) is 6.10 Å².